The standard InChI is InChI=1S/C11H8F3NO3S/c1-2-18-10(17)7-3-6(5-15)9(4-8(7)16)19-11(12,13)14/h3-4,16H,2H2,1H3. The van der Waals surface area contributed by atoms with Crippen molar-refractivity contribution in [2.45, 2.75) is 17.3 Å². The Labute approximate surface area is 110 Å². The van der Waals surface area contributed by atoms with E-state index in [1.807, 2.05) is 0 Å². The number of alkyl halides is 3. The van der Waals surface area contributed by atoms with Crippen LogP contribution in [0.4, 0.5) is 13.2 Å². The molecule has 0 unspecified atom stereocenters. The quantitative estimate of drug-likeness (QED) is 0.684. The van der Waals surface area contributed by atoms with Gasteiger partial charge in [-0.3, -0.25) is 0 Å². The van der Waals surface area contributed by atoms with Crippen LogP contribution in [0.1, 0.15) is 22.8 Å². The van der Waals surface area contributed by atoms with E-state index in [2.05, 4.69) is 4.74 Å². The van der Waals surface area contributed by atoms with Crippen molar-refractivity contribution in [3.05, 3.63) is 23.3 Å². The molecule has 1 aromatic rings. The molecule has 0 saturated carbocycles. The van der Waals surface area contributed by atoms with E-state index in [1.165, 1.54) is 6.92 Å². The van der Waals surface area contributed by atoms with E-state index >= 15 is 0 Å². The Bertz CT molecular complexity index is 537. The lowest BCUT2D eigenvalue weighted by molar-refractivity contribution is -0.0328. The van der Waals surface area contributed by atoms with Crippen molar-refractivity contribution in [2.75, 3.05) is 6.61 Å². The maximum atomic E-state index is 12.2. The Hall–Kier alpha value is -1.88. The van der Waals surface area contributed by atoms with Crippen LogP contribution in [0.2, 0.25) is 0 Å². The molecule has 1 N–H and O–H groups in total. The fourth-order valence-corrected chi connectivity index (χ4v) is 1.87. The summed E-state index contributed by atoms with van der Waals surface area (Å²) in [5.74, 6) is -1.57. The summed E-state index contributed by atoms with van der Waals surface area (Å²) in [5, 5.41) is 18.3. The Morgan fingerprint density at radius 1 is 1.53 bits per heavy atom. The van der Waals surface area contributed by atoms with Gasteiger partial charge in [0, 0.05) is 4.90 Å². The van der Waals surface area contributed by atoms with E-state index in [9.17, 15) is 23.1 Å². The Balaban J connectivity index is 3.22. The maximum Gasteiger partial charge on any atom is 0.446 e. The zero-order valence-electron chi connectivity index (χ0n) is 9.61. The topological polar surface area (TPSA) is 70.3 Å². The first-order chi connectivity index (χ1) is 8.78. The summed E-state index contributed by atoms with van der Waals surface area (Å²) in [6, 6.07) is 3.14. The van der Waals surface area contributed by atoms with Crippen LogP contribution in [0.15, 0.2) is 17.0 Å². The molecule has 0 aromatic heterocycles. The van der Waals surface area contributed by atoms with Crippen molar-refractivity contribution in [3.63, 3.8) is 0 Å². The predicted molar refractivity (Wildman–Crippen MR) is 60.7 cm³/mol. The Kier molecular flexibility index (Phi) is 4.67. The van der Waals surface area contributed by atoms with Gasteiger partial charge in [-0.25, -0.2) is 4.79 Å². The van der Waals surface area contributed by atoms with Crippen molar-refractivity contribution in [2.24, 2.45) is 0 Å². The van der Waals surface area contributed by atoms with Gasteiger partial charge in [0.05, 0.1) is 12.2 Å². The number of nitriles is 1. The number of carbonyl (C=O) groups excluding carboxylic acids is 1. The molecule has 8 heteroatoms. The van der Waals surface area contributed by atoms with Gasteiger partial charge in [0.15, 0.2) is 0 Å². The smallest absolute Gasteiger partial charge is 0.446 e. The Morgan fingerprint density at radius 3 is 2.63 bits per heavy atom. The number of phenols is 1. The third kappa shape index (κ3) is 4.06. The second-order valence-electron chi connectivity index (χ2n) is 3.25. The molecule has 0 bridgehead atoms. The van der Waals surface area contributed by atoms with E-state index in [1.54, 1.807) is 6.07 Å². The number of carbonyl (C=O) groups is 1. The first-order valence-electron chi connectivity index (χ1n) is 4.98. The monoisotopic (exact) mass is 291 g/mol. The minimum Gasteiger partial charge on any atom is -0.507 e. The van der Waals surface area contributed by atoms with Gasteiger partial charge in [-0.2, -0.15) is 18.4 Å². The van der Waals surface area contributed by atoms with E-state index < -0.39 is 33.9 Å². The summed E-state index contributed by atoms with van der Waals surface area (Å²) in [6.07, 6.45) is 0. The average molecular weight is 291 g/mol. The van der Waals surface area contributed by atoms with E-state index in [4.69, 9.17) is 5.26 Å². The normalized spacial score (nSPS) is 10.9. The van der Waals surface area contributed by atoms with E-state index in [0.29, 0.717) is 0 Å². The third-order valence-corrected chi connectivity index (χ3v) is 2.73. The summed E-state index contributed by atoms with van der Waals surface area (Å²) in [6.45, 7) is 1.58. The van der Waals surface area contributed by atoms with Crippen LogP contribution >= 0.6 is 11.8 Å². The van der Waals surface area contributed by atoms with E-state index in [0.717, 1.165) is 12.1 Å². The molecule has 0 spiro atoms. The molecule has 0 atom stereocenters. The van der Waals surface area contributed by atoms with Crippen LogP contribution in [-0.4, -0.2) is 23.2 Å². The summed E-state index contributed by atoms with van der Waals surface area (Å²) >= 11 is -0.535. The highest BCUT2D eigenvalue weighted by atomic mass is 32.2. The first-order valence-corrected chi connectivity index (χ1v) is 5.80. The number of halogens is 3. The van der Waals surface area contributed by atoms with Crippen LogP contribution in [0.25, 0.3) is 0 Å². The minimum atomic E-state index is -4.59. The van der Waals surface area contributed by atoms with Crippen LogP contribution in [0.3, 0.4) is 0 Å². The lowest BCUT2D eigenvalue weighted by Gasteiger charge is -2.10. The van der Waals surface area contributed by atoms with Crippen LogP contribution in [0.5, 0.6) is 5.75 Å². The van der Waals surface area contributed by atoms with Crippen molar-refractivity contribution in [3.8, 4) is 11.8 Å². The zero-order valence-corrected chi connectivity index (χ0v) is 10.4. The molecular weight excluding hydrogens is 283 g/mol. The number of phenolic OH excluding ortho intramolecular Hbond substituents is 1. The highest BCUT2D eigenvalue weighted by Crippen LogP contribution is 2.40. The molecule has 0 fully saturated rings. The molecule has 102 valence electrons. The SMILES string of the molecule is CCOC(=O)c1cc(C#N)c(SC(F)(F)F)cc1O. The van der Waals surface area contributed by atoms with Crippen molar-refractivity contribution in [1.82, 2.24) is 0 Å². The summed E-state index contributed by atoms with van der Waals surface area (Å²) in [7, 11) is 0. The number of rotatable bonds is 3. The fourth-order valence-electron chi connectivity index (χ4n) is 1.24. The lowest BCUT2D eigenvalue weighted by atomic mass is 10.1. The first kappa shape index (κ1) is 15.2. The van der Waals surface area contributed by atoms with E-state index in [-0.39, 0.29) is 17.7 Å². The summed E-state index contributed by atoms with van der Waals surface area (Å²) in [4.78, 5) is 10.9. The number of hydrogen-bond acceptors (Lipinski definition) is 5. The molecule has 0 radical (unpaired) electrons. The van der Waals surface area contributed by atoms with Gasteiger partial charge in [-0.15, -0.1) is 0 Å². The van der Waals surface area contributed by atoms with Crippen molar-refractivity contribution < 1.29 is 27.8 Å². The number of benzene rings is 1. The van der Waals surface area contributed by atoms with Gasteiger partial charge in [-0.05, 0) is 30.8 Å². The van der Waals surface area contributed by atoms with Gasteiger partial charge < -0.3 is 9.84 Å². The van der Waals surface area contributed by atoms with Gasteiger partial charge in [0.2, 0.25) is 0 Å². The number of hydrogen-bond donors (Lipinski definition) is 1. The highest BCUT2D eigenvalue weighted by Gasteiger charge is 2.31. The van der Waals surface area contributed by atoms with Crippen LogP contribution in [-0.2, 0) is 4.74 Å². The summed E-state index contributed by atoms with van der Waals surface area (Å²) in [5.41, 5.74) is -5.29. The maximum absolute atomic E-state index is 12.2. The Morgan fingerprint density at radius 2 is 2.16 bits per heavy atom. The van der Waals surface area contributed by atoms with Crippen LogP contribution < -0.4 is 0 Å². The minimum absolute atomic E-state index is 0.0409. The molecular formula is C11H8F3NO3S. The molecule has 1 aromatic carbocycles. The largest absolute Gasteiger partial charge is 0.507 e. The van der Waals surface area contributed by atoms with Crippen molar-refractivity contribution in [1.29, 1.82) is 5.26 Å². The van der Waals surface area contributed by atoms with Gasteiger partial charge in [0.25, 0.3) is 0 Å². The molecule has 0 aliphatic rings. The van der Waals surface area contributed by atoms with Gasteiger partial charge in [0.1, 0.15) is 17.4 Å². The van der Waals surface area contributed by atoms with Crippen molar-refractivity contribution >= 4 is 17.7 Å². The number of ether oxygens (including phenoxy) is 1. The lowest BCUT2D eigenvalue weighted by Crippen LogP contribution is -2.06. The number of nitrogens with zero attached hydrogens (tertiary/aromatic N) is 1. The predicted octanol–water partition coefficient (Wildman–Crippen LogP) is 3.05. The van der Waals surface area contributed by atoms with Gasteiger partial charge in [-0.1, -0.05) is 0 Å². The number of esters is 1. The molecule has 0 heterocycles. The highest BCUT2D eigenvalue weighted by molar-refractivity contribution is 8.00. The second-order valence-corrected chi connectivity index (χ2v) is 4.35. The van der Waals surface area contributed by atoms with Gasteiger partial charge >= 0.3 is 11.5 Å². The summed E-state index contributed by atoms with van der Waals surface area (Å²) < 4.78 is 41.4. The molecule has 4 nitrogen and oxygen atoms in total. The zero-order chi connectivity index (χ0) is 14.6. The molecule has 0 aliphatic carbocycles. The van der Waals surface area contributed by atoms with Crippen LogP contribution in [0, 0.1) is 11.3 Å². The molecule has 1 rings (SSSR count). The average Bonchev–Trinajstić information content (AvgIpc) is 2.27. The molecule has 0 aliphatic heterocycles. The second kappa shape index (κ2) is 5.84. The molecule has 19 heavy (non-hydrogen) atoms. The number of thioether (sulfide) groups is 1. The fraction of sp³-hybridized carbons (Fsp3) is 0.273. The third-order valence-electron chi connectivity index (χ3n) is 1.94. The molecule has 0 amide bonds. The number of aromatic hydroxyl groups is 1. The molecule has 0 saturated heterocycles.